The maximum Gasteiger partial charge on any atom is 0.339 e. The predicted octanol–water partition coefficient (Wildman–Crippen LogP) is 6.21. The lowest BCUT2D eigenvalue weighted by molar-refractivity contribution is 0.0681. The molecule has 1 aromatic heterocycles. The van der Waals surface area contributed by atoms with E-state index in [0.717, 1.165) is 68.7 Å². The summed E-state index contributed by atoms with van der Waals surface area (Å²) in [7, 11) is 0. The number of piperazine rings is 1. The molecule has 1 atom stereocenters. The van der Waals surface area contributed by atoms with Crippen LogP contribution in [-0.2, 0) is 0 Å². The molecule has 208 valence electrons. The van der Waals surface area contributed by atoms with Gasteiger partial charge in [0.1, 0.15) is 11.3 Å². The highest BCUT2D eigenvalue weighted by atomic mass is 35.5. The molecule has 10 heteroatoms. The fourth-order valence-electron chi connectivity index (χ4n) is 5.83. The predicted molar refractivity (Wildman–Crippen MR) is 150 cm³/mol. The number of rotatable bonds is 8. The maximum absolute atomic E-state index is 13.9. The summed E-state index contributed by atoms with van der Waals surface area (Å²) in [6, 6.07) is 14.0. The third kappa shape index (κ3) is 5.89. The molecule has 2 aromatic carbocycles. The number of carbonyl (C=O) groups is 1. The zero-order chi connectivity index (χ0) is 27.5. The molecular weight excluding hydrogens is 524 g/mol. The number of halogens is 3. The quantitative estimate of drug-likeness (QED) is 0.355. The molecule has 0 radical (unpaired) electrons. The summed E-state index contributed by atoms with van der Waals surface area (Å²) in [6.07, 6.45) is 0.661. The molecule has 3 aromatic rings. The molecule has 2 aliphatic rings. The zero-order valence-electron chi connectivity index (χ0n) is 22.1. The molecule has 3 heterocycles. The van der Waals surface area contributed by atoms with Crippen LogP contribution in [0.15, 0.2) is 48.7 Å². The second-order valence-electron chi connectivity index (χ2n) is 10.3. The highest BCUT2D eigenvalue weighted by molar-refractivity contribution is 6.31. The average molecular weight is 558 g/mol. The van der Waals surface area contributed by atoms with Gasteiger partial charge in [0.05, 0.1) is 12.2 Å². The van der Waals surface area contributed by atoms with Crippen molar-refractivity contribution in [1.82, 2.24) is 14.7 Å². The van der Waals surface area contributed by atoms with Crippen LogP contribution in [0.2, 0.25) is 5.02 Å². The van der Waals surface area contributed by atoms with E-state index in [2.05, 4.69) is 51.0 Å². The summed E-state index contributed by atoms with van der Waals surface area (Å²) in [5, 5.41) is 14.0. The second kappa shape index (κ2) is 11.9. The topological polar surface area (TPSA) is 64.8 Å². The van der Waals surface area contributed by atoms with Crippen LogP contribution < -0.4 is 9.80 Å². The number of nitrogens with zero attached hydrogens (tertiary/aromatic N) is 5. The third-order valence-electron chi connectivity index (χ3n) is 7.77. The fraction of sp³-hybridized carbons (Fsp3) is 0.448. The Balaban J connectivity index is 1.38. The Hall–Kier alpha value is -3.17. The van der Waals surface area contributed by atoms with Gasteiger partial charge in [0.25, 0.3) is 6.43 Å². The first-order chi connectivity index (χ1) is 18.9. The van der Waals surface area contributed by atoms with Gasteiger partial charge in [0.15, 0.2) is 0 Å². The molecule has 0 spiro atoms. The fourth-order valence-corrected chi connectivity index (χ4v) is 5.99. The number of piperidine rings is 1. The van der Waals surface area contributed by atoms with E-state index in [1.807, 2.05) is 18.2 Å². The molecule has 0 aliphatic carbocycles. The van der Waals surface area contributed by atoms with Crippen molar-refractivity contribution >= 4 is 28.9 Å². The van der Waals surface area contributed by atoms with Crippen LogP contribution in [0, 0.1) is 0 Å². The first-order valence-electron chi connectivity index (χ1n) is 13.6. The van der Waals surface area contributed by atoms with Gasteiger partial charge in [-0.3, -0.25) is 9.58 Å². The van der Waals surface area contributed by atoms with E-state index in [1.165, 1.54) is 16.8 Å². The van der Waals surface area contributed by atoms with E-state index in [9.17, 15) is 18.7 Å². The SMILES string of the molecule is CCCN1CCN(c2ccc(-c3ccc(Cl)cc3N3CCCC(n4ncc(C(=O)O)c4C(F)F)C3)cc2)CC1. The molecule has 2 saturated heterocycles. The second-order valence-corrected chi connectivity index (χ2v) is 10.7. The smallest absolute Gasteiger partial charge is 0.339 e. The largest absolute Gasteiger partial charge is 0.478 e. The lowest BCUT2D eigenvalue weighted by Crippen LogP contribution is -2.46. The monoisotopic (exact) mass is 557 g/mol. The van der Waals surface area contributed by atoms with Gasteiger partial charge in [-0.25, -0.2) is 13.6 Å². The summed E-state index contributed by atoms with van der Waals surface area (Å²) < 4.78 is 28.9. The number of carboxylic acid groups (broad SMARTS) is 1. The van der Waals surface area contributed by atoms with Gasteiger partial charge in [-0.15, -0.1) is 0 Å². The minimum Gasteiger partial charge on any atom is -0.478 e. The van der Waals surface area contributed by atoms with Crippen LogP contribution in [-0.4, -0.2) is 71.6 Å². The van der Waals surface area contributed by atoms with Crippen LogP contribution in [0.3, 0.4) is 0 Å². The molecule has 2 aliphatic heterocycles. The average Bonchev–Trinajstić information content (AvgIpc) is 3.40. The molecule has 2 fully saturated rings. The third-order valence-corrected chi connectivity index (χ3v) is 8.00. The first-order valence-corrected chi connectivity index (χ1v) is 13.9. The Bertz CT molecular complexity index is 1290. The van der Waals surface area contributed by atoms with Gasteiger partial charge in [-0.1, -0.05) is 36.7 Å². The lowest BCUT2D eigenvalue weighted by Gasteiger charge is -2.37. The summed E-state index contributed by atoms with van der Waals surface area (Å²) in [6.45, 7) is 8.70. The Kier molecular flexibility index (Phi) is 8.37. The highest BCUT2D eigenvalue weighted by Gasteiger charge is 2.31. The lowest BCUT2D eigenvalue weighted by atomic mass is 9.99. The van der Waals surface area contributed by atoms with Gasteiger partial charge in [0, 0.05) is 61.2 Å². The summed E-state index contributed by atoms with van der Waals surface area (Å²) in [5.41, 5.74) is 3.22. The van der Waals surface area contributed by atoms with Crippen LogP contribution in [0.25, 0.3) is 11.1 Å². The van der Waals surface area contributed by atoms with Crippen LogP contribution in [0.4, 0.5) is 20.2 Å². The molecule has 5 rings (SSSR count). The Morgan fingerprint density at radius 3 is 2.49 bits per heavy atom. The van der Waals surface area contributed by atoms with E-state index >= 15 is 0 Å². The zero-order valence-corrected chi connectivity index (χ0v) is 22.8. The van der Waals surface area contributed by atoms with Crippen LogP contribution >= 0.6 is 11.6 Å². The Morgan fingerprint density at radius 2 is 1.82 bits per heavy atom. The number of anilines is 2. The number of aromatic nitrogens is 2. The van der Waals surface area contributed by atoms with Crippen molar-refractivity contribution < 1.29 is 18.7 Å². The van der Waals surface area contributed by atoms with Crippen molar-refractivity contribution in [3.05, 3.63) is 64.9 Å². The summed E-state index contributed by atoms with van der Waals surface area (Å²) >= 11 is 6.42. The van der Waals surface area contributed by atoms with Crippen molar-refractivity contribution in [3.63, 3.8) is 0 Å². The van der Waals surface area contributed by atoms with E-state index in [0.29, 0.717) is 18.0 Å². The number of benzene rings is 2. The van der Waals surface area contributed by atoms with Gasteiger partial charge in [-0.2, -0.15) is 5.10 Å². The van der Waals surface area contributed by atoms with Crippen molar-refractivity contribution in [2.75, 3.05) is 55.6 Å². The molecule has 0 bridgehead atoms. The Morgan fingerprint density at radius 1 is 1.08 bits per heavy atom. The van der Waals surface area contributed by atoms with E-state index < -0.39 is 23.7 Å². The minimum atomic E-state index is -2.93. The van der Waals surface area contributed by atoms with E-state index in [-0.39, 0.29) is 6.04 Å². The number of hydrogen-bond donors (Lipinski definition) is 1. The normalized spacial score (nSPS) is 18.6. The number of alkyl halides is 2. The van der Waals surface area contributed by atoms with Crippen molar-refractivity contribution in [3.8, 4) is 11.1 Å². The molecular formula is C29H34ClF2N5O2. The molecule has 1 unspecified atom stereocenters. The molecule has 0 saturated carbocycles. The van der Waals surface area contributed by atoms with Crippen molar-refractivity contribution in [1.29, 1.82) is 0 Å². The van der Waals surface area contributed by atoms with Crippen LogP contribution in [0.5, 0.6) is 0 Å². The maximum atomic E-state index is 13.9. The van der Waals surface area contributed by atoms with E-state index in [1.54, 1.807) is 0 Å². The van der Waals surface area contributed by atoms with Crippen molar-refractivity contribution in [2.45, 2.75) is 38.7 Å². The van der Waals surface area contributed by atoms with Crippen LogP contribution in [0.1, 0.15) is 54.7 Å². The number of carboxylic acids is 1. The molecule has 39 heavy (non-hydrogen) atoms. The molecule has 1 N–H and O–H groups in total. The number of hydrogen-bond acceptors (Lipinski definition) is 5. The Labute approximate surface area is 232 Å². The summed E-state index contributed by atoms with van der Waals surface area (Å²) in [5.74, 6) is -1.40. The molecule has 7 nitrogen and oxygen atoms in total. The van der Waals surface area contributed by atoms with Crippen molar-refractivity contribution in [2.24, 2.45) is 0 Å². The minimum absolute atomic E-state index is 0.378. The van der Waals surface area contributed by atoms with E-state index in [4.69, 9.17) is 11.6 Å². The standard InChI is InChI=1S/C29H34ClF2N5O2/c1-2-11-34-13-15-35(16-14-34)22-8-5-20(6-9-22)24-10-7-21(30)17-26(24)36-12-3-4-23(19-36)37-27(28(31)32)25(18-33-37)29(38)39/h5-10,17-18,23,28H,2-4,11-16,19H2,1H3,(H,38,39). The van der Waals surface area contributed by atoms with Gasteiger partial charge >= 0.3 is 5.97 Å². The van der Waals surface area contributed by atoms with Gasteiger partial charge < -0.3 is 14.9 Å². The first kappa shape index (κ1) is 27.4. The number of aromatic carboxylic acids is 1. The highest BCUT2D eigenvalue weighted by Crippen LogP contribution is 2.38. The van der Waals surface area contributed by atoms with Gasteiger partial charge in [-0.05, 0) is 55.6 Å². The van der Waals surface area contributed by atoms with Gasteiger partial charge in [0.2, 0.25) is 0 Å². The molecule has 0 amide bonds. The summed E-state index contributed by atoms with van der Waals surface area (Å²) in [4.78, 5) is 18.6.